The molecule has 96 valence electrons. The zero-order valence-electron chi connectivity index (χ0n) is 11.4. The Kier molecular flexibility index (Phi) is 14.0. The van der Waals surface area contributed by atoms with Crippen LogP contribution in [0.1, 0.15) is 58.3 Å². The van der Waals surface area contributed by atoms with Gasteiger partial charge in [0.05, 0.1) is 0 Å². The molecule has 0 aromatic carbocycles. The smallest absolute Gasteiger partial charge is 0.0316 e. The second kappa shape index (κ2) is 15.0. The molecule has 0 rings (SSSR count). The molecule has 0 heterocycles. The SMILES string of the molecule is C=CCCCC/C=C/CC/C=C/CC/C=C/C. The molecule has 0 atom stereocenters. The van der Waals surface area contributed by atoms with Crippen molar-refractivity contribution in [2.75, 3.05) is 0 Å². The Hall–Kier alpha value is -1.04. The van der Waals surface area contributed by atoms with E-state index in [1.54, 1.807) is 0 Å². The van der Waals surface area contributed by atoms with Crippen LogP contribution in [0.15, 0.2) is 49.1 Å². The van der Waals surface area contributed by atoms with Gasteiger partial charge in [-0.05, 0) is 58.3 Å². The zero-order valence-corrected chi connectivity index (χ0v) is 11.4. The Morgan fingerprint density at radius 1 is 0.647 bits per heavy atom. The second-order valence-corrected chi connectivity index (χ2v) is 4.24. The van der Waals surface area contributed by atoms with E-state index in [9.17, 15) is 0 Å². The van der Waals surface area contributed by atoms with Gasteiger partial charge >= 0.3 is 0 Å². The molecule has 0 N–H and O–H groups in total. The first-order valence-electron chi connectivity index (χ1n) is 6.94. The van der Waals surface area contributed by atoms with E-state index in [2.05, 4.69) is 50.0 Å². The minimum Gasteiger partial charge on any atom is -0.103 e. The molecule has 0 heteroatoms. The molecule has 0 aliphatic heterocycles. The summed E-state index contributed by atoms with van der Waals surface area (Å²) in [4.78, 5) is 0. The first kappa shape index (κ1) is 16.0. The van der Waals surface area contributed by atoms with Crippen LogP contribution in [0.2, 0.25) is 0 Å². The van der Waals surface area contributed by atoms with Gasteiger partial charge in [-0.1, -0.05) is 42.5 Å². The van der Waals surface area contributed by atoms with Gasteiger partial charge in [0.15, 0.2) is 0 Å². The predicted molar refractivity (Wildman–Crippen MR) is 80.2 cm³/mol. The molecule has 0 aromatic rings. The highest BCUT2D eigenvalue weighted by molar-refractivity contribution is 4.90. The minimum atomic E-state index is 1.16. The lowest BCUT2D eigenvalue weighted by Crippen LogP contribution is -1.72. The van der Waals surface area contributed by atoms with E-state index in [1.165, 1.54) is 44.9 Å². The Labute approximate surface area is 108 Å². The Morgan fingerprint density at radius 3 is 1.65 bits per heavy atom. The van der Waals surface area contributed by atoms with Crippen LogP contribution in [0.5, 0.6) is 0 Å². The lowest BCUT2D eigenvalue weighted by atomic mass is 10.1. The molecule has 0 amide bonds. The molecular formula is C17H28. The van der Waals surface area contributed by atoms with Crippen LogP contribution in [0.3, 0.4) is 0 Å². The van der Waals surface area contributed by atoms with Crippen molar-refractivity contribution in [2.45, 2.75) is 58.3 Å². The maximum Gasteiger partial charge on any atom is -0.0316 e. The highest BCUT2D eigenvalue weighted by atomic mass is 13.9. The molecule has 0 fully saturated rings. The average Bonchev–Trinajstić information content (AvgIpc) is 2.35. The van der Waals surface area contributed by atoms with Crippen molar-refractivity contribution in [3.05, 3.63) is 49.1 Å². The van der Waals surface area contributed by atoms with Gasteiger partial charge in [0.2, 0.25) is 0 Å². The molecule has 0 aliphatic carbocycles. The molecule has 0 aliphatic rings. The van der Waals surface area contributed by atoms with Crippen LogP contribution in [-0.2, 0) is 0 Å². The molecular weight excluding hydrogens is 204 g/mol. The third-order valence-electron chi connectivity index (χ3n) is 2.60. The van der Waals surface area contributed by atoms with Crippen molar-refractivity contribution in [3.8, 4) is 0 Å². The van der Waals surface area contributed by atoms with Crippen molar-refractivity contribution in [2.24, 2.45) is 0 Å². The van der Waals surface area contributed by atoms with Crippen molar-refractivity contribution in [3.63, 3.8) is 0 Å². The minimum absolute atomic E-state index is 1.16. The molecule has 0 bridgehead atoms. The number of unbranched alkanes of at least 4 members (excludes halogenated alkanes) is 5. The van der Waals surface area contributed by atoms with Crippen LogP contribution in [-0.4, -0.2) is 0 Å². The summed E-state index contributed by atoms with van der Waals surface area (Å²) in [6.07, 6.45) is 25.2. The highest BCUT2D eigenvalue weighted by Gasteiger charge is 1.82. The van der Waals surface area contributed by atoms with Gasteiger partial charge in [0.1, 0.15) is 0 Å². The van der Waals surface area contributed by atoms with Gasteiger partial charge in [0.25, 0.3) is 0 Å². The van der Waals surface area contributed by atoms with Crippen molar-refractivity contribution in [1.29, 1.82) is 0 Å². The maximum atomic E-state index is 3.73. The van der Waals surface area contributed by atoms with Crippen LogP contribution in [0.25, 0.3) is 0 Å². The van der Waals surface area contributed by atoms with Gasteiger partial charge in [-0.25, -0.2) is 0 Å². The molecule has 0 aromatic heterocycles. The summed E-state index contributed by atoms with van der Waals surface area (Å²) in [5.74, 6) is 0. The molecule has 0 saturated carbocycles. The van der Waals surface area contributed by atoms with Crippen LogP contribution in [0.4, 0.5) is 0 Å². The van der Waals surface area contributed by atoms with Crippen LogP contribution in [0, 0.1) is 0 Å². The largest absolute Gasteiger partial charge is 0.103 e. The first-order valence-corrected chi connectivity index (χ1v) is 6.94. The number of rotatable bonds is 11. The lowest BCUT2D eigenvalue weighted by molar-refractivity contribution is 0.761. The summed E-state index contributed by atoms with van der Waals surface area (Å²) in [6.45, 7) is 5.80. The summed E-state index contributed by atoms with van der Waals surface area (Å²) in [5.41, 5.74) is 0. The maximum absolute atomic E-state index is 3.73. The fraction of sp³-hybridized carbons (Fsp3) is 0.529. The van der Waals surface area contributed by atoms with Crippen LogP contribution >= 0.6 is 0 Å². The van der Waals surface area contributed by atoms with Gasteiger partial charge < -0.3 is 0 Å². The van der Waals surface area contributed by atoms with Crippen molar-refractivity contribution >= 4 is 0 Å². The van der Waals surface area contributed by atoms with E-state index < -0.39 is 0 Å². The Bertz CT molecular complexity index is 230. The standard InChI is InChI=1S/C17H28/c1-3-5-7-9-11-13-15-17-16-14-12-10-8-6-4-2/h3-4,6,12-15H,1,5,7-11,16-17H2,2H3/b6-4+,14-12+,15-13+. The van der Waals surface area contributed by atoms with Crippen LogP contribution < -0.4 is 0 Å². The van der Waals surface area contributed by atoms with E-state index in [4.69, 9.17) is 0 Å². The second-order valence-electron chi connectivity index (χ2n) is 4.24. The summed E-state index contributed by atoms with van der Waals surface area (Å²) in [6, 6.07) is 0. The molecule has 0 unspecified atom stereocenters. The first-order chi connectivity index (χ1) is 8.41. The summed E-state index contributed by atoms with van der Waals surface area (Å²) >= 11 is 0. The fourth-order valence-electron chi connectivity index (χ4n) is 1.57. The van der Waals surface area contributed by atoms with Crippen molar-refractivity contribution < 1.29 is 0 Å². The molecule has 17 heavy (non-hydrogen) atoms. The van der Waals surface area contributed by atoms with E-state index in [1.807, 2.05) is 6.08 Å². The number of hydrogen-bond donors (Lipinski definition) is 0. The summed E-state index contributed by atoms with van der Waals surface area (Å²) < 4.78 is 0. The molecule has 0 saturated heterocycles. The number of hydrogen-bond acceptors (Lipinski definition) is 0. The predicted octanol–water partition coefficient (Wildman–Crippen LogP) is 5.98. The summed E-state index contributed by atoms with van der Waals surface area (Å²) in [5, 5.41) is 0. The monoisotopic (exact) mass is 232 g/mol. The fourth-order valence-corrected chi connectivity index (χ4v) is 1.57. The number of allylic oxidation sites excluding steroid dienone is 7. The quantitative estimate of drug-likeness (QED) is 0.303. The Balaban J connectivity index is 3.20. The van der Waals surface area contributed by atoms with Crippen molar-refractivity contribution in [1.82, 2.24) is 0 Å². The van der Waals surface area contributed by atoms with E-state index in [0.717, 1.165) is 6.42 Å². The van der Waals surface area contributed by atoms with Gasteiger partial charge in [0, 0.05) is 0 Å². The summed E-state index contributed by atoms with van der Waals surface area (Å²) in [7, 11) is 0. The van der Waals surface area contributed by atoms with Gasteiger partial charge in [-0.2, -0.15) is 0 Å². The highest BCUT2D eigenvalue weighted by Crippen LogP contribution is 2.03. The zero-order chi connectivity index (χ0) is 12.6. The van der Waals surface area contributed by atoms with Gasteiger partial charge in [-0.3, -0.25) is 0 Å². The molecule has 0 radical (unpaired) electrons. The average molecular weight is 232 g/mol. The molecule has 0 nitrogen and oxygen atoms in total. The normalized spacial score (nSPS) is 12.1. The van der Waals surface area contributed by atoms with E-state index in [-0.39, 0.29) is 0 Å². The third kappa shape index (κ3) is 15.0. The third-order valence-corrected chi connectivity index (χ3v) is 2.60. The Morgan fingerprint density at radius 2 is 1.12 bits per heavy atom. The lowest BCUT2D eigenvalue weighted by Gasteiger charge is -1.92. The van der Waals surface area contributed by atoms with E-state index >= 15 is 0 Å². The van der Waals surface area contributed by atoms with E-state index in [0.29, 0.717) is 0 Å². The topological polar surface area (TPSA) is 0 Å². The molecule has 0 spiro atoms. The van der Waals surface area contributed by atoms with Gasteiger partial charge in [-0.15, -0.1) is 6.58 Å².